The quantitative estimate of drug-likeness (QED) is 0.506. The van der Waals surface area contributed by atoms with E-state index in [9.17, 15) is 14.6 Å². The van der Waals surface area contributed by atoms with Crippen molar-refractivity contribution >= 4 is 0 Å². The Labute approximate surface area is 120 Å². The van der Waals surface area contributed by atoms with Gasteiger partial charge in [-0.2, -0.15) is 0 Å². The molecule has 2 rings (SSSR count). The van der Waals surface area contributed by atoms with Gasteiger partial charge in [-0.15, -0.1) is 5.48 Å². The summed E-state index contributed by atoms with van der Waals surface area (Å²) in [4.78, 5) is 4.10. The Balaban J connectivity index is 2.45. The van der Waals surface area contributed by atoms with Crippen molar-refractivity contribution in [2.75, 3.05) is 0 Å². The molecule has 21 heavy (non-hydrogen) atoms. The zero-order chi connectivity index (χ0) is 15.6. The molecule has 1 aromatic heterocycles. The summed E-state index contributed by atoms with van der Waals surface area (Å²) in [6.07, 6.45) is 1.43. The zero-order valence-corrected chi connectivity index (χ0v) is 11.5. The minimum atomic E-state index is -2.98. The van der Waals surface area contributed by atoms with Gasteiger partial charge in [0.25, 0.3) is 5.91 Å². The molecule has 4 N–H and O–H groups in total. The topological polar surface area (TPSA) is 94.8 Å². The Kier molecular flexibility index (Phi) is 4.19. The molecule has 0 spiro atoms. The molecule has 1 aromatic carbocycles. The van der Waals surface area contributed by atoms with Gasteiger partial charge in [-0.25, -0.2) is 4.39 Å². The van der Waals surface area contributed by atoms with Crippen molar-refractivity contribution in [1.29, 1.82) is 0 Å². The molecule has 0 aliphatic heterocycles. The van der Waals surface area contributed by atoms with E-state index in [0.717, 1.165) is 17.3 Å². The molecule has 0 atom stereocenters. The number of ether oxygens (including phenoxy) is 1. The Hall–Kier alpha value is -2.06. The van der Waals surface area contributed by atoms with Gasteiger partial charge in [0.2, 0.25) is 0 Å². The lowest BCUT2D eigenvalue weighted by Crippen LogP contribution is -2.41. The molecule has 0 aliphatic rings. The van der Waals surface area contributed by atoms with Crippen molar-refractivity contribution in [3.8, 4) is 11.5 Å². The monoisotopic (exact) mass is 294 g/mol. The van der Waals surface area contributed by atoms with Crippen LogP contribution in [0.3, 0.4) is 0 Å². The molecule has 0 bridgehead atoms. The highest BCUT2D eigenvalue weighted by Gasteiger charge is 2.33. The summed E-state index contributed by atoms with van der Waals surface area (Å²) in [5.74, 6) is -3.78. The van der Waals surface area contributed by atoms with Crippen molar-refractivity contribution < 1.29 is 24.5 Å². The fraction of sp³-hybridized carbons (Fsp3) is 0.214. The number of aliphatic hydroxyl groups is 2. The number of hydrogen-bond acceptors (Lipinski definition) is 6. The number of hydrogen-bond donors (Lipinski definition) is 4. The van der Waals surface area contributed by atoms with Gasteiger partial charge in [-0.05, 0) is 37.6 Å². The minimum Gasteiger partial charge on any atom is -0.455 e. The fourth-order valence-corrected chi connectivity index (χ4v) is 1.78. The predicted molar refractivity (Wildman–Crippen MR) is 71.2 cm³/mol. The number of pyridine rings is 1. The van der Waals surface area contributed by atoms with Gasteiger partial charge in [0.05, 0.1) is 6.20 Å². The van der Waals surface area contributed by atoms with E-state index in [-0.39, 0.29) is 5.75 Å². The summed E-state index contributed by atoms with van der Waals surface area (Å²) in [5, 5.41) is 27.9. The van der Waals surface area contributed by atoms with E-state index in [1.807, 2.05) is 13.8 Å². The lowest BCUT2D eigenvalue weighted by molar-refractivity contribution is -0.252. The van der Waals surface area contributed by atoms with E-state index < -0.39 is 17.3 Å². The highest BCUT2D eigenvalue weighted by Crippen LogP contribution is 2.32. The Morgan fingerprint density at radius 3 is 2.62 bits per heavy atom. The van der Waals surface area contributed by atoms with Gasteiger partial charge < -0.3 is 20.2 Å². The second-order valence-electron chi connectivity index (χ2n) is 4.57. The summed E-state index contributed by atoms with van der Waals surface area (Å²) in [6, 6.07) is 5.38. The van der Waals surface area contributed by atoms with Crippen LogP contribution in [0.1, 0.15) is 16.8 Å². The SMILES string of the molecule is Cc1cc(Oc2cccc(F)c2C(O)(O)NO)cnc1C. The van der Waals surface area contributed by atoms with Gasteiger partial charge in [0, 0.05) is 5.69 Å². The van der Waals surface area contributed by atoms with Gasteiger partial charge in [-0.3, -0.25) is 4.98 Å². The van der Waals surface area contributed by atoms with Crippen molar-refractivity contribution in [3.05, 3.63) is 53.1 Å². The number of rotatable bonds is 4. The summed E-state index contributed by atoms with van der Waals surface area (Å²) in [7, 11) is 0. The van der Waals surface area contributed by atoms with Crippen LogP contribution < -0.4 is 10.2 Å². The number of nitrogens with one attached hydrogen (secondary N) is 1. The average Bonchev–Trinajstić information content (AvgIpc) is 2.43. The first-order valence-electron chi connectivity index (χ1n) is 6.11. The van der Waals surface area contributed by atoms with Crippen molar-refractivity contribution in [2.45, 2.75) is 19.8 Å². The summed E-state index contributed by atoms with van der Waals surface area (Å²) >= 11 is 0. The molecule has 0 fully saturated rings. The van der Waals surface area contributed by atoms with E-state index in [2.05, 4.69) is 4.98 Å². The number of aromatic nitrogens is 1. The normalized spacial score (nSPS) is 11.5. The first-order valence-corrected chi connectivity index (χ1v) is 6.11. The van der Waals surface area contributed by atoms with Gasteiger partial charge in [0.15, 0.2) is 0 Å². The molecule has 0 unspecified atom stereocenters. The van der Waals surface area contributed by atoms with Crippen LogP contribution in [0.4, 0.5) is 4.39 Å². The molecule has 0 saturated carbocycles. The Morgan fingerprint density at radius 1 is 1.29 bits per heavy atom. The third kappa shape index (κ3) is 3.17. The van der Waals surface area contributed by atoms with Crippen molar-refractivity contribution in [2.24, 2.45) is 0 Å². The maximum absolute atomic E-state index is 13.8. The first-order chi connectivity index (χ1) is 9.85. The molecule has 112 valence electrons. The number of nitrogens with zero attached hydrogens (tertiary/aromatic N) is 1. The van der Waals surface area contributed by atoms with E-state index in [4.69, 9.17) is 9.94 Å². The van der Waals surface area contributed by atoms with Crippen molar-refractivity contribution in [1.82, 2.24) is 10.5 Å². The van der Waals surface area contributed by atoms with Crippen LogP contribution in [0.2, 0.25) is 0 Å². The largest absolute Gasteiger partial charge is 0.455 e. The minimum absolute atomic E-state index is 0.161. The van der Waals surface area contributed by atoms with E-state index >= 15 is 0 Å². The second kappa shape index (κ2) is 5.74. The number of halogens is 1. The Bertz CT molecular complexity index is 661. The van der Waals surface area contributed by atoms with Gasteiger partial charge in [0.1, 0.15) is 22.9 Å². The van der Waals surface area contributed by atoms with Crippen molar-refractivity contribution in [3.63, 3.8) is 0 Å². The molecule has 1 heterocycles. The smallest absolute Gasteiger partial charge is 0.279 e. The molecular weight excluding hydrogens is 279 g/mol. The summed E-state index contributed by atoms with van der Waals surface area (Å²) in [6.45, 7) is 3.66. The maximum atomic E-state index is 13.8. The highest BCUT2D eigenvalue weighted by atomic mass is 19.1. The molecule has 0 aliphatic carbocycles. The van der Waals surface area contributed by atoms with E-state index in [1.54, 1.807) is 6.07 Å². The third-order valence-electron chi connectivity index (χ3n) is 3.02. The van der Waals surface area contributed by atoms with Crippen LogP contribution in [0, 0.1) is 19.7 Å². The molecular formula is C14H15FN2O4. The third-order valence-corrected chi connectivity index (χ3v) is 3.02. The van der Waals surface area contributed by atoms with Gasteiger partial charge in [-0.1, -0.05) is 6.07 Å². The summed E-state index contributed by atoms with van der Waals surface area (Å²) in [5.41, 5.74) is 2.27. The number of benzene rings is 1. The first kappa shape index (κ1) is 15.3. The van der Waals surface area contributed by atoms with Crippen LogP contribution in [0.5, 0.6) is 11.5 Å². The van der Waals surface area contributed by atoms with E-state index in [0.29, 0.717) is 5.75 Å². The van der Waals surface area contributed by atoms with Crippen LogP contribution in [0.15, 0.2) is 30.5 Å². The number of aryl methyl sites for hydroxylation is 2. The van der Waals surface area contributed by atoms with E-state index in [1.165, 1.54) is 23.8 Å². The maximum Gasteiger partial charge on any atom is 0.279 e. The van der Waals surface area contributed by atoms with Crippen LogP contribution in [-0.2, 0) is 5.91 Å². The van der Waals surface area contributed by atoms with Crippen LogP contribution in [0.25, 0.3) is 0 Å². The molecule has 0 radical (unpaired) electrons. The summed E-state index contributed by atoms with van der Waals surface area (Å²) < 4.78 is 19.3. The molecule has 7 heteroatoms. The second-order valence-corrected chi connectivity index (χ2v) is 4.57. The number of hydroxylamine groups is 1. The van der Waals surface area contributed by atoms with Crippen LogP contribution >= 0.6 is 0 Å². The fourth-order valence-electron chi connectivity index (χ4n) is 1.78. The van der Waals surface area contributed by atoms with Gasteiger partial charge >= 0.3 is 0 Å². The standard InChI is InChI=1S/C14H15FN2O4/c1-8-6-10(7-16-9(8)2)21-12-5-3-4-11(15)13(12)14(18,19)17-20/h3-7,17-20H,1-2H3. The van der Waals surface area contributed by atoms with Crippen LogP contribution in [-0.4, -0.2) is 20.4 Å². The lowest BCUT2D eigenvalue weighted by Gasteiger charge is -2.23. The lowest BCUT2D eigenvalue weighted by atomic mass is 10.1. The Morgan fingerprint density at radius 2 is 2.00 bits per heavy atom. The zero-order valence-electron chi connectivity index (χ0n) is 11.5. The average molecular weight is 294 g/mol. The predicted octanol–water partition coefficient (Wildman–Crippen LogP) is 1.70. The molecule has 0 amide bonds. The highest BCUT2D eigenvalue weighted by molar-refractivity contribution is 5.41. The molecule has 0 saturated heterocycles. The molecule has 6 nitrogen and oxygen atoms in total. The molecule has 2 aromatic rings.